The maximum absolute atomic E-state index is 4.31. The van der Waals surface area contributed by atoms with E-state index in [9.17, 15) is 0 Å². The summed E-state index contributed by atoms with van der Waals surface area (Å²) in [4.78, 5) is 4.20. The summed E-state index contributed by atoms with van der Waals surface area (Å²) in [5.41, 5.74) is 0. The van der Waals surface area contributed by atoms with E-state index in [1.807, 2.05) is 10.8 Å². The summed E-state index contributed by atoms with van der Waals surface area (Å²) in [6, 6.07) is 0. The smallest absolute Gasteiger partial charge is 0.164 e. The van der Waals surface area contributed by atoms with Crippen LogP contribution in [0.2, 0.25) is 0 Å². The van der Waals surface area contributed by atoms with Crippen LogP contribution in [-0.4, -0.2) is 21.3 Å². The summed E-state index contributed by atoms with van der Waals surface area (Å²) in [5.74, 6) is 0.863. The molecular weight excluding hydrogens is 176 g/mol. The Morgan fingerprint density at radius 1 is 1.64 bits per heavy atom. The summed E-state index contributed by atoms with van der Waals surface area (Å²) < 4.78 is 1.85. The lowest BCUT2D eigenvalue weighted by Gasteiger charge is -1.97. The normalized spacial score (nSPS) is 10.4. The number of hydrogen-bond acceptors (Lipinski definition) is 3. The Morgan fingerprint density at radius 2 is 2.50 bits per heavy atom. The first kappa shape index (κ1) is 10.9. The summed E-state index contributed by atoms with van der Waals surface area (Å²) in [6.07, 6.45) is 5.73. The molecule has 0 bridgehead atoms. The molecule has 1 rings (SSSR count). The molecule has 0 saturated carbocycles. The van der Waals surface area contributed by atoms with Gasteiger partial charge in [0.05, 0.1) is 6.54 Å². The molecule has 4 nitrogen and oxygen atoms in total. The van der Waals surface area contributed by atoms with Crippen molar-refractivity contribution in [1.29, 1.82) is 0 Å². The van der Waals surface area contributed by atoms with Crippen molar-refractivity contribution in [2.45, 2.75) is 32.9 Å². The van der Waals surface area contributed by atoms with Crippen molar-refractivity contribution in [3.63, 3.8) is 0 Å². The fraction of sp³-hybridized carbons (Fsp3) is 0.600. The van der Waals surface area contributed by atoms with Crippen molar-refractivity contribution in [3.05, 3.63) is 24.8 Å². The molecule has 1 N–H and O–H groups in total. The fourth-order valence-corrected chi connectivity index (χ4v) is 1.12. The minimum atomic E-state index is 0.759. The Kier molecular flexibility index (Phi) is 4.93. The highest BCUT2D eigenvalue weighted by Crippen LogP contribution is 1.92. The lowest BCUT2D eigenvalue weighted by atomic mass is 10.4. The van der Waals surface area contributed by atoms with E-state index >= 15 is 0 Å². The van der Waals surface area contributed by atoms with E-state index in [1.54, 1.807) is 6.33 Å². The van der Waals surface area contributed by atoms with Crippen molar-refractivity contribution in [2.75, 3.05) is 6.54 Å². The molecule has 0 radical (unpaired) electrons. The van der Waals surface area contributed by atoms with Crippen LogP contribution in [0.4, 0.5) is 0 Å². The highest BCUT2D eigenvalue weighted by Gasteiger charge is 1.98. The summed E-state index contributed by atoms with van der Waals surface area (Å²) >= 11 is 0. The summed E-state index contributed by atoms with van der Waals surface area (Å²) in [7, 11) is 0. The molecule has 0 amide bonds. The van der Waals surface area contributed by atoms with Gasteiger partial charge in [-0.3, -0.25) is 4.68 Å². The van der Waals surface area contributed by atoms with Crippen molar-refractivity contribution >= 4 is 0 Å². The molecule has 0 saturated heterocycles. The third kappa shape index (κ3) is 3.70. The molecule has 78 valence electrons. The Labute approximate surface area is 85.0 Å². The Morgan fingerprint density at radius 3 is 3.21 bits per heavy atom. The molecule has 0 aliphatic rings. The van der Waals surface area contributed by atoms with Crippen molar-refractivity contribution in [3.8, 4) is 0 Å². The second-order valence-corrected chi connectivity index (χ2v) is 3.18. The molecule has 1 heterocycles. The number of nitrogens with one attached hydrogen (secondary N) is 1. The van der Waals surface area contributed by atoms with Crippen molar-refractivity contribution in [2.24, 2.45) is 0 Å². The first-order chi connectivity index (χ1) is 6.86. The predicted octanol–water partition coefficient (Wildman–Crippen LogP) is 1.35. The number of nitrogens with zero attached hydrogens (tertiary/aromatic N) is 3. The van der Waals surface area contributed by atoms with Gasteiger partial charge in [-0.2, -0.15) is 5.10 Å². The van der Waals surface area contributed by atoms with E-state index in [4.69, 9.17) is 0 Å². The predicted molar refractivity (Wildman–Crippen MR) is 56.8 cm³/mol. The maximum atomic E-state index is 4.31. The largest absolute Gasteiger partial charge is 0.310 e. The van der Waals surface area contributed by atoms with Crippen LogP contribution in [0, 0.1) is 0 Å². The summed E-state index contributed by atoms with van der Waals surface area (Å²) in [6.45, 7) is 8.45. The number of hydrogen-bond donors (Lipinski definition) is 1. The van der Waals surface area contributed by atoms with Gasteiger partial charge in [0.1, 0.15) is 6.33 Å². The van der Waals surface area contributed by atoms with Crippen LogP contribution in [0.25, 0.3) is 0 Å². The molecule has 0 spiro atoms. The second kappa shape index (κ2) is 6.32. The third-order valence-electron chi connectivity index (χ3n) is 1.86. The lowest BCUT2D eigenvalue weighted by molar-refractivity contribution is 0.596. The van der Waals surface area contributed by atoms with Crippen LogP contribution >= 0.6 is 0 Å². The Hall–Kier alpha value is -1.16. The number of allylic oxidation sites excluding steroid dienone is 1. The van der Waals surface area contributed by atoms with E-state index < -0.39 is 0 Å². The molecule has 1 aromatic heterocycles. The zero-order valence-corrected chi connectivity index (χ0v) is 8.74. The number of aromatic nitrogens is 3. The van der Waals surface area contributed by atoms with Gasteiger partial charge in [0.25, 0.3) is 0 Å². The van der Waals surface area contributed by atoms with E-state index in [0.717, 1.165) is 38.3 Å². The molecule has 4 heteroatoms. The highest BCUT2D eigenvalue weighted by atomic mass is 15.3. The molecular formula is C10H18N4. The average molecular weight is 194 g/mol. The number of rotatable bonds is 7. The van der Waals surface area contributed by atoms with Gasteiger partial charge in [-0.05, 0) is 19.4 Å². The van der Waals surface area contributed by atoms with Gasteiger partial charge in [-0.25, -0.2) is 4.98 Å². The summed E-state index contributed by atoms with van der Waals surface area (Å²) in [5, 5.41) is 7.58. The van der Waals surface area contributed by atoms with E-state index in [1.165, 1.54) is 0 Å². The topological polar surface area (TPSA) is 42.7 Å². The van der Waals surface area contributed by atoms with Crippen LogP contribution in [0.15, 0.2) is 19.0 Å². The molecule has 14 heavy (non-hydrogen) atoms. The van der Waals surface area contributed by atoms with Crippen LogP contribution in [-0.2, 0) is 13.1 Å². The minimum absolute atomic E-state index is 0.759. The van der Waals surface area contributed by atoms with Crippen LogP contribution in [0.3, 0.4) is 0 Å². The monoisotopic (exact) mass is 194 g/mol. The maximum Gasteiger partial charge on any atom is 0.164 e. The van der Waals surface area contributed by atoms with Gasteiger partial charge in [0.15, 0.2) is 5.82 Å². The van der Waals surface area contributed by atoms with E-state index in [0.29, 0.717) is 0 Å². The number of aryl methyl sites for hydroxylation is 1. The van der Waals surface area contributed by atoms with Crippen LogP contribution in [0.1, 0.15) is 25.6 Å². The van der Waals surface area contributed by atoms with Gasteiger partial charge >= 0.3 is 0 Å². The van der Waals surface area contributed by atoms with Gasteiger partial charge in [-0.1, -0.05) is 13.0 Å². The van der Waals surface area contributed by atoms with Gasteiger partial charge in [0, 0.05) is 6.54 Å². The first-order valence-electron chi connectivity index (χ1n) is 5.06. The third-order valence-corrected chi connectivity index (χ3v) is 1.86. The van der Waals surface area contributed by atoms with Crippen LogP contribution in [0.5, 0.6) is 0 Å². The molecule has 0 aromatic carbocycles. The molecule has 0 atom stereocenters. The minimum Gasteiger partial charge on any atom is -0.310 e. The van der Waals surface area contributed by atoms with Gasteiger partial charge in [-0.15, -0.1) is 6.58 Å². The standard InChI is InChI=1S/C10H18N4/c1-3-5-7-14-9-12-10(13-14)8-11-6-4-2/h3,9,11H,1,4-8H2,2H3. The second-order valence-electron chi connectivity index (χ2n) is 3.18. The highest BCUT2D eigenvalue weighted by molar-refractivity contribution is 4.81. The van der Waals surface area contributed by atoms with Gasteiger partial charge < -0.3 is 5.32 Å². The SMILES string of the molecule is C=CCCn1cnc(CNCCC)n1. The molecule has 0 fully saturated rings. The van der Waals surface area contributed by atoms with Gasteiger partial charge in [0.2, 0.25) is 0 Å². The van der Waals surface area contributed by atoms with Crippen LogP contribution < -0.4 is 5.32 Å². The lowest BCUT2D eigenvalue weighted by Crippen LogP contribution is -2.15. The van der Waals surface area contributed by atoms with Crippen molar-refractivity contribution < 1.29 is 0 Å². The average Bonchev–Trinajstić information content (AvgIpc) is 2.63. The molecule has 1 aromatic rings. The molecule has 0 aliphatic carbocycles. The van der Waals surface area contributed by atoms with E-state index in [-0.39, 0.29) is 0 Å². The molecule has 0 aliphatic heterocycles. The Bertz CT molecular complexity index is 267. The zero-order valence-electron chi connectivity index (χ0n) is 8.74. The quantitative estimate of drug-likeness (QED) is 0.526. The fourth-order valence-electron chi connectivity index (χ4n) is 1.12. The zero-order chi connectivity index (χ0) is 10.2. The van der Waals surface area contributed by atoms with Crippen molar-refractivity contribution in [1.82, 2.24) is 20.1 Å². The van der Waals surface area contributed by atoms with E-state index in [2.05, 4.69) is 28.9 Å². The molecule has 0 unspecified atom stereocenters. The Balaban J connectivity index is 2.31. The first-order valence-corrected chi connectivity index (χ1v) is 5.06.